The van der Waals surface area contributed by atoms with Crippen LogP contribution in [-0.2, 0) is 14.3 Å². The van der Waals surface area contributed by atoms with Crippen LogP contribution < -0.4 is 5.32 Å². The van der Waals surface area contributed by atoms with Gasteiger partial charge in [-0.05, 0) is 44.3 Å². The van der Waals surface area contributed by atoms with Crippen LogP contribution >= 0.6 is 11.3 Å². The molecule has 3 N–H and O–H groups in total. The molecule has 7 unspecified atom stereocenters. The summed E-state index contributed by atoms with van der Waals surface area (Å²) in [5.74, 6) is -1.21. The smallest absolute Gasteiger partial charge is 0.223 e. The summed E-state index contributed by atoms with van der Waals surface area (Å²) in [4.78, 5) is 30.6. The van der Waals surface area contributed by atoms with Gasteiger partial charge in [-0.25, -0.2) is 4.98 Å². The summed E-state index contributed by atoms with van der Waals surface area (Å²) >= 11 is 1.58. The number of nitrogens with one attached hydrogen (secondary N) is 1. The zero-order chi connectivity index (χ0) is 25.2. The fraction of sp³-hybridized carbons (Fsp3) is 0.731. The van der Waals surface area contributed by atoms with Crippen LogP contribution in [0.1, 0.15) is 77.4 Å². The number of fused-ring (bicyclic) bond motifs is 1. The summed E-state index contributed by atoms with van der Waals surface area (Å²) < 4.78 is 5.91. The molecule has 7 atom stereocenters. The summed E-state index contributed by atoms with van der Waals surface area (Å²) in [6.45, 7) is 10.9. The van der Waals surface area contributed by atoms with E-state index in [1.165, 1.54) is 0 Å². The summed E-state index contributed by atoms with van der Waals surface area (Å²) in [5.41, 5.74) is 0.685. The average Bonchev–Trinajstić information content (AvgIpc) is 3.38. The van der Waals surface area contributed by atoms with Gasteiger partial charge in [0.1, 0.15) is 5.78 Å². The van der Waals surface area contributed by atoms with Crippen LogP contribution in [0.4, 0.5) is 0 Å². The Balaban J connectivity index is 1.81. The van der Waals surface area contributed by atoms with E-state index in [9.17, 15) is 19.8 Å². The molecule has 0 radical (unpaired) electrons. The second-order valence-corrected chi connectivity index (χ2v) is 11.8. The Kier molecular flexibility index (Phi) is 8.71. The van der Waals surface area contributed by atoms with E-state index in [1.807, 2.05) is 32.2 Å². The zero-order valence-electron chi connectivity index (χ0n) is 21.2. The number of carbonyl (C=O) groups is 2. The molecule has 0 aromatic carbocycles. The molecule has 2 fully saturated rings. The van der Waals surface area contributed by atoms with E-state index >= 15 is 0 Å². The molecule has 2 aliphatic rings. The van der Waals surface area contributed by atoms with Crippen molar-refractivity contribution in [3.63, 3.8) is 0 Å². The molecule has 0 aliphatic carbocycles. The quantitative estimate of drug-likeness (QED) is 0.543. The number of aromatic nitrogens is 1. The number of epoxide rings is 1. The van der Waals surface area contributed by atoms with Crippen LogP contribution in [0.5, 0.6) is 0 Å². The highest BCUT2D eigenvalue weighted by atomic mass is 32.1. The molecule has 0 saturated carbocycles. The fourth-order valence-electron chi connectivity index (χ4n) is 4.91. The van der Waals surface area contributed by atoms with E-state index in [0.29, 0.717) is 6.42 Å². The molecule has 1 aromatic heterocycles. The van der Waals surface area contributed by atoms with E-state index < -0.39 is 23.5 Å². The van der Waals surface area contributed by atoms with E-state index in [-0.39, 0.29) is 42.3 Å². The molecule has 3 rings (SSSR count). The van der Waals surface area contributed by atoms with Crippen molar-refractivity contribution < 1.29 is 24.5 Å². The number of aliphatic hydroxyl groups is 2. The van der Waals surface area contributed by atoms with E-state index in [2.05, 4.69) is 10.3 Å². The summed E-state index contributed by atoms with van der Waals surface area (Å²) in [6, 6.07) is -0.247. The zero-order valence-corrected chi connectivity index (χ0v) is 22.0. The normalized spacial score (nSPS) is 36.0. The van der Waals surface area contributed by atoms with Crippen molar-refractivity contribution in [3.05, 3.63) is 21.7 Å². The van der Waals surface area contributed by atoms with E-state index in [4.69, 9.17) is 4.74 Å². The first kappa shape index (κ1) is 27.0. The Bertz CT molecular complexity index is 911. The summed E-state index contributed by atoms with van der Waals surface area (Å²) in [5, 5.41) is 27.7. The SMILES string of the molecule is CC(=Cc1csc(C)n1)C1CC2OC2CCCC(C)C(O)C(C)C(=O)C(C)(C)C(O)CC(=O)N1. The van der Waals surface area contributed by atoms with Gasteiger partial charge in [0.15, 0.2) is 0 Å². The fourth-order valence-corrected chi connectivity index (χ4v) is 5.48. The van der Waals surface area contributed by atoms with Crippen LogP contribution in [0.2, 0.25) is 0 Å². The highest BCUT2D eigenvalue weighted by molar-refractivity contribution is 7.09. The predicted molar refractivity (Wildman–Crippen MR) is 133 cm³/mol. The van der Waals surface area contributed by atoms with Gasteiger partial charge < -0.3 is 20.3 Å². The number of carbonyl (C=O) groups excluding carboxylic acids is 2. The van der Waals surface area contributed by atoms with E-state index in [1.54, 1.807) is 32.1 Å². The molecular formula is C26H40N2O5S. The number of amides is 1. The lowest BCUT2D eigenvalue weighted by atomic mass is 9.73. The Morgan fingerprint density at radius 3 is 2.59 bits per heavy atom. The first-order valence-corrected chi connectivity index (χ1v) is 13.2. The molecule has 34 heavy (non-hydrogen) atoms. The average molecular weight is 493 g/mol. The first-order chi connectivity index (χ1) is 15.9. The molecule has 2 saturated heterocycles. The molecule has 1 aromatic rings. The van der Waals surface area contributed by atoms with Gasteiger partial charge in [0.05, 0.1) is 53.0 Å². The maximum Gasteiger partial charge on any atom is 0.223 e. The van der Waals surface area contributed by atoms with Crippen molar-refractivity contribution >= 4 is 29.1 Å². The molecule has 1 amide bonds. The molecule has 2 aliphatic heterocycles. The van der Waals surface area contributed by atoms with Crippen LogP contribution in [0, 0.1) is 24.2 Å². The minimum atomic E-state index is -1.16. The van der Waals surface area contributed by atoms with Crippen LogP contribution in [0.15, 0.2) is 11.0 Å². The van der Waals surface area contributed by atoms with Gasteiger partial charge in [-0.1, -0.05) is 34.1 Å². The molecule has 0 bridgehead atoms. The van der Waals surface area contributed by atoms with Gasteiger partial charge >= 0.3 is 0 Å². The number of Topliss-reactive ketones (excluding diaryl/α,β-unsaturated/α-hetero) is 1. The third kappa shape index (κ3) is 6.53. The lowest BCUT2D eigenvalue weighted by Crippen LogP contribution is -2.47. The Labute approximate surface area is 207 Å². The van der Waals surface area contributed by atoms with Gasteiger partial charge in [-0.15, -0.1) is 11.3 Å². The third-order valence-electron chi connectivity index (χ3n) is 7.56. The first-order valence-electron chi connectivity index (χ1n) is 12.4. The van der Waals surface area contributed by atoms with Gasteiger partial charge in [-0.2, -0.15) is 0 Å². The number of aliphatic hydroxyl groups excluding tert-OH is 2. The summed E-state index contributed by atoms with van der Waals surface area (Å²) in [7, 11) is 0. The van der Waals surface area contributed by atoms with Gasteiger partial charge in [0, 0.05) is 17.7 Å². The Hall–Kier alpha value is -1.61. The molecule has 7 nitrogen and oxygen atoms in total. The highest BCUT2D eigenvalue weighted by Gasteiger charge is 2.44. The lowest BCUT2D eigenvalue weighted by Gasteiger charge is -2.34. The second-order valence-electron chi connectivity index (χ2n) is 10.7. The number of hydrogen-bond donors (Lipinski definition) is 3. The minimum Gasteiger partial charge on any atom is -0.392 e. The minimum absolute atomic E-state index is 0.0419. The van der Waals surface area contributed by atoms with E-state index in [0.717, 1.165) is 35.5 Å². The maximum absolute atomic E-state index is 13.2. The van der Waals surface area contributed by atoms with Crippen LogP contribution in [-0.4, -0.2) is 57.3 Å². The highest BCUT2D eigenvalue weighted by Crippen LogP contribution is 2.35. The second kappa shape index (κ2) is 11.0. The largest absolute Gasteiger partial charge is 0.392 e. The number of nitrogens with zero attached hydrogens (tertiary/aromatic N) is 1. The topological polar surface area (TPSA) is 112 Å². The molecule has 8 heteroatoms. The predicted octanol–water partition coefficient (Wildman–Crippen LogP) is 3.66. The Morgan fingerprint density at radius 1 is 1.24 bits per heavy atom. The Morgan fingerprint density at radius 2 is 1.94 bits per heavy atom. The number of hydrogen-bond acceptors (Lipinski definition) is 7. The number of rotatable bonds is 2. The van der Waals surface area contributed by atoms with Gasteiger partial charge in [0.2, 0.25) is 5.91 Å². The molecule has 3 heterocycles. The number of aryl methyl sites for hydroxylation is 1. The summed E-state index contributed by atoms with van der Waals surface area (Å²) in [6.07, 6.45) is 3.31. The monoisotopic (exact) mass is 492 g/mol. The molecule has 0 spiro atoms. The molecular weight excluding hydrogens is 452 g/mol. The van der Waals surface area contributed by atoms with Crippen LogP contribution in [0.3, 0.4) is 0 Å². The third-order valence-corrected chi connectivity index (χ3v) is 8.35. The molecule has 190 valence electrons. The van der Waals surface area contributed by atoms with Crippen molar-refractivity contribution in [2.45, 2.75) is 104 Å². The standard InChI is InChI=1S/C26H40N2O5S/c1-14-8-7-9-20-21(33-20)11-19(15(2)10-18-13-34-17(4)27-18)28-23(30)12-22(29)26(5,6)25(32)16(3)24(14)31/h10,13-14,16,19-22,24,29,31H,7-9,11-12H2,1-6H3,(H,28,30). The number of ketones is 1. The van der Waals surface area contributed by atoms with Crippen molar-refractivity contribution in [3.8, 4) is 0 Å². The van der Waals surface area contributed by atoms with Crippen molar-refractivity contribution in [2.75, 3.05) is 0 Å². The van der Waals surface area contributed by atoms with Gasteiger partial charge in [0.25, 0.3) is 0 Å². The van der Waals surface area contributed by atoms with Crippen molar-refractivity contribution in [1.82, 2.24) is 10.3 Å². The van der Waals surface area contributed by atoms with Crippen molar-refractivity contribution in [2.24, 2.45) is 17.3 Å². The van der Waals surface area contributed by atoms with Gasteiger partial charge in [-0.3, -0.25) is 9.59 Å². The van der Waals surface area contributed by atoms with Crippen LogP contribution in [0.25, 0.3) is 6.08 Å². The number of ether oxygens (including phenoxy) is 1. The van der Waals surface area contributed by atoms with Crippen molar-refractivity contribution in [1.29, 1.82) is 0 Å². The maximum atomic E-state index is 13.2. The number of thiazole rings is 1. The lowest BCUT2D eigenvalue weighted by molar-refractivity contribution is -0.143.